The zero-order valence-electron chi connectivity index (χ0n) is 20.7. The number of rotatable bonds is 8. The average molecular weight is 480 g/mol. The molecular weight excluding hydrogens is 450 g/mol. The molecule has 0 spiro atoms. The van der Waals surface area contributed by atoms with Crippen molar-refractivity contribution in [2.75, 3.05) is 0 Å². The Balaban J connectivity index is 1.49. The molecule has 0 bridgehead atoms. The van der Waals surface area contributed by atoms with Crippen molar-refractivity contribution in [2.45, 2.75) is 46.1 Å². The first-order chi connectivity index (χ1) is 17.6. The van der Waals surface area contributed by atoms with E-state index >= 15 is 0 Å². The first-order valence-electron chi connectivity index (χ1n) is 12.3. The summed E-state index contributed by atoms with van der Waals surface area (Å²) in [5.41, 5.74) is 6.83. The third-order valence-corrected chi connectivity index (χ3v) is 6.37. The second-order valence-corrected chi connectivity index (χ2v) is 9.17. The van der Waals surface area contributed by atoms with E-state index in [2.05, 4.69) is 76.7 Å². The normalized spacial score (nSPS) is 11.3. The Morgan fingerprint density at radius 2 is 1.81 bits per heavy atom. The summed E-state index contributed by atoms with van der Waals surface area (Å²) in [5.74, 6) is 0.845. The number of hydrogen-bond donors (Lipinski definition) is 1. The summed E-state index contributed by atoms with van der Waals surface area (Å²) in [5, 5.41) is 14.1. The maximum atomic E-state index is 13.6. The molecule has 8 nitrogen and oxygen atoms in total. The van der Waals surface area contributed by atoms with Gasteiger partial charge in [-0.3, -0.25) is 14.1 Å². The van der Waals surface area contributed by atoms with Gasteiger partial charge in [-0.25, -0.2) is 9.89 Å². The van der Waals surface area contributed by atoms with Crippen LogP contribution in [-0.2, 0) is 13.0 Å². The summed E-state index contributed by atoms with van der Waals surface area (Å²) in [6.45, 7) is 6.96. The lowest BCUT2D eigenvalue weighted by molar-refractivity contribution is 0.690. The first-order valence-corrected chi connectivity index (χ1v) is 12.3. The van der Waals surface area contributed by atoms with Crippen LogP contribution in [0, 0.1) is 0 Å². The van der Waals surface area contributed by atoms with Crippen molar-refractivity contribution < 1.29 is 0 Å². The highest BCUT2D eigenvalue weighted by molar-refractivity contribution is 5.77. The maximum absolute atomic E-state index is 13.6. The van der Waals surface area contributed by atoms with Crippen LogP contribution in [0.5, 0.6) is 0 Å². The van der Waals surface area contributed by atoms with E-state index in [4.69, 9.17) is 0 Å². The largest absolute Gasteiger partial charge is 0.333 e. The number of pyridine rings is 1. The van der Waals surface area contributed by atoms with Gasteiger partial charge in [0.25, 0.3) is 0 Å². The second kappa shape index (κ2) is 10.1. The molecule has 3 aromatic heterocycles. The zero-order chi connectivity index (χ0) is 25.1. The summed E-state index contributed by atoms with van der Waals surface area (Å²) < 4.78 is 3.70. The minimum Gasteiger partial charge on any atom is -0.292 e. The topological polar surface area (TPSA) is 94.3 Å². The SMILES string of the molecule is CCCc1cn(-c2ccccc2C(C)C)c(=O)n1Cc1ccc(-c2cccnc2-c2nnn[nH]2)cc1. The molecule has 0 fully saturated rings. The number of hydrogen-bond acceptors (Lipinski definition) is 5. The quantitative estimate of drug-likeness (QED) is 0.338. The number of para-hydroxylation sites is 1. The van der Waals surface area contributed by atoms with Gasteiger partial charge in [-0.05, 0) is 51.6 Å². The maximum Gasteiger partial charge on any atom is 0.333 e. The molecule has 8 heteroatoms. The standard InChI is InChI=1S/C28H29N7O/c1-4-8-22-18-35(25-11-6-5-9-23(25)19(2)3)28(36)34(22)17-20-12-14-21(15-13-20)24-10-7-16-29-26(24)27-30-32-33-31-27/h5-7,9-16,18-19H,4,8,17H2,1-3H3,(H,30,31,32,33). The van der Waals surface area contributed by atoms with Gasteiger partial charge in [0.05, 0.1) is 12.2 Å². The van der Waals surface area contributed by atoms with Crippen LogP contribution in [0.15, 0.2) is 77.9 Å². The van der Waals surface area contributed by atoms with E-state index in [1.165, 1.54) is 5.56 Å². The highest BCUT2D eigenvalue weighted by Gasteiger charge is 2.16. The van der Waals surface area contributed by atoms with Crippen LogP contribution >= 0.6 is 0 Å². The van der Waals surface area contributed by atoms with Crippen LogP contribution in [0.2, 0.25) is 0 Å². The monoisotopic (exact) mass is 479 g/mol. The fourth-order valence-electron chi connectivity index (χ4n) is 4.58. The van der Waals surface area contributed by atoms with E-state index < -0.39 is 0 Å². The van der Waals surface area contributed by atoms with Crippen LogP contribution < -0.4 is 5.69 Å². The summed E-state index contributed by atoms with van der Waals surface area (Å²) in [6.07, 6.45) is 5.54. The number of aryl methyl sites for hydroxylation is 1. The molecule has 2 aromatic carbocycles. The van der Waals surface area contributed by atoms with Gasteiger partial charge in [0, 0.05) is 23.7 Å². The molecule has 0 saturated heterocycles. The van der Waals surface area contributed by atoms with Gasteiger partial charge in [-0.15, -0.1) is 5.10 Å². The van der Waals surface area contributed by atoms with E-state index in [0.29, 0.717) is 24.0 Å². The van der Waals surface area contributed by atoms with Crippen molar-refractivity contribution in [3.8, 4) is 28.3 Å². The van der Waals surface area contributed by atoms with E-state index in [0.717, 1.165) is 40.9 Å². The summed E-state index contributed by atoms with van der Waals surface area (Å²) in [6, 6.07) is 20.3. The highest BCUT2D eigenvalue weighted by atomic mass is 16.1. The Bertz CT molecular complexity index is 1510. The zero-order valence-corrected chi connectivity index (χ0v) is 20.7. The third kappa shape index (κ3) is 4.49. The van der Waals surface area contributed by atoms with E-state index in [-0.39, 0.29) is 5.69 Å². The predicted molar refractivity (Wildman–Crippen MR) is 140 cm³/mol. The van der Waals surface area contributed by atoms with Crippen molar-refractivity contribution >= 4 is 0 Å². The summed E-state index contributed by atoms with van der Waals surface area (Å²) in [7, 11) is 0. The molecule has 0 atom stereocenters. The Hall–Kier alpha value is -4.33. The van der Waals surface area contributed by atoms with Crippen molar-refractivity contribution in [2.24, 2.45) is 0 Å². The van der Waals surface area contributed by atoms with Crippen LogP contribution in [0.4, 0.5) is 0 Å². The van der Waals surface area contributed by atoms with Crippen molar-refractivity contribution in [1.82, 2.24) is 34.7 Å². The Morgan fingerprint density at radius 1 is 1.00 bits per heavy atom. The Kier molecular flexibility index (Phi) is 6.58. The molecule has 3 heterocycles. The number of benzene rings is 2. The third-order valence-electron chi connectivity index (χ3n) is 6.37. The molecule has 1 N–H and O–H groups in total. The van der Waals surface area contributed by atoms with Crippen molar-refractivity contribution in [3.05, 3.63) is 100 Å². The molecule has 0 saturated carbocycles. The van der Waals surface area contributed by atoms with Gasteiger partial charge in [-0.2, -0.15) is 0 Å². The van der Waals surface area contributed by atoms with Crippen molar-refractivity contribution in [3.63, 3.8) is 0 Å². The molecule has 0 aliphatic carbocycles. The number of aromatic nitrogens is 7. The number of nitrogens with zero attached hydrogens (tertiary/aromatic N) is 6. The predicted octanol–water partition coefficient (Wildman–Crippen LogP) is 5.01. The fraction of sp³-hybridized carbons (Fsp3) is 0.250. The van der Waals surface area contributed by atoms with E-state index in [9.17, 15) is 4.79 Å². The number of H-pyrrole nitrogens is 1. The lowest BCUT2D eigenvalue weighted by atomic mass is 10.0. The minimum absolute atomic E-state index is 0.0111. The summed E-state index contributed by atoms with van der Waals surface area (Å²) in [4.78, 5) is 18.1. The van der Waals surface area contributed by atoms with Gasteiger partial charge in [-0.1, -0.05) is 75.7 Å². The number of aromatic amines is 1. The molecular formula is C28H29N7O. The number of imidazole rings is 1. The van der Waals surface area contributed by atoms with Gasteiger partial charge >= 0.3 is 5.69 Å². The van der Waals surface area contributed by atoms with Crippen LogP contribution in [0.1, 0.15) is 49.9 Å². The Morgan fingerprint density at radius 3 is 2.53 bits per heavy atom. The second-order valence-electron chi connectivity index (χ2n) is 9.17. The molecule has 0 radical (unpaired) electrons. The van der Waals surface area contributed by atoms with Gasteiger partial charge in [0.1, 0.15) is 5.69 Å². The first kappa shape index (κ1) is 23.4. The summed E-state index contributed by atoms with van der Waals surface area (Å²) >= 11 is 0. The van der Waals surface area contributed by atoms with Gasteiger partial charge in [0.15, 0.2) is 5.82 Å². The molecule has 5 rings (SSSR count). The van der Waals surface area contributed by atoms with Gasteiger partial charge < -0.3 is 0 Å². The van der Waals surface area contributed by atoms with Crippen LogP contribution in [0.25, 0.3) is 28.3 Å². The molecule has 0 aliphatic rings. The fourth-order valence-corrected chi connectivity index (χ4v) is 4.58. The van der Waals surface area contributed by atoms with Crippen molar-refractivity contribution in [1.29, 1.82) is 0 Å². The highest BCUT2D eigenvalue weighted by Crippen LogP contribution is 2.28. The lowest BCUT2D eigenvalue weighted by Gasteiger charge is -2.12. The molecule has 0 amide bonds. The minimum atomic E-state index is -0.0111. The molecule has 36 heavy (non-hydrogen) atoms. The molecule has 5 aromatic rings. The van der Waals surface area contributed by atoms with Crippen LogP contribution in [-0.4, -0.2) is 34.7 Å². The van der Waals surface area contributed by atoms with Crippen LogP contribution in [0.3, 0.4) is 0 Å². The van der Waals surface area contributed by atoms with E-state index in [1.54, 1.807) is 6.20 Å². The number of nitrogens with one attached hydrogen (secondary N) is 1. The smallest absolute Gasteiger partial charge is 0.292 e. The molecule has 0 aliphatic heterocycles. The average Bonchev–Trinajstić information content (AvgIpc) is 3.54. The Labute approximate surface area is 209 Å². The van der Waals surface area contributed by atoms with E-state index in [1.807, 2.05) is 45.7 Å². The number of tetrazole rings is 1. The molecule has 182 valence electrons. The van der Waals surface area contributed by atoms with Gasteiger partial charge in [0.2, 0.25) is 0 Å². The molecule has 0 unspecified atom stereocenters. The lowest BCUT2D eigenvalue weighted by Crippen LogP contribution is -2.25.